The average molecular weight is 294 g/mol. The van der Waals surface area contributed by atoms with Crippen LogP contribution in [0, 0.1) is 5.82 Å². The molecule has 0 aliphatic heterocycles. The van der Waals surface area contributed by atoms with E-state index in [-0.39, 0.29) is 11.6 Å². The van der Waals surface area contributed by atoms with Gasteiger partial charge in [-0.15, -0.1) is 0 Å². The fourth-order valence-electron chi connectivity index (χ4n) is 1.44. The lowest BCUT2D eigenvalue weighted by atomic mass is 10.0. The summed E-state index contributed by atoms with van der Waals surface area (Å²) >= 11 is 3.34. The number of aromatic nitrogens is 1. The van der Waals surface area contributed by atoms with E-state index in [1.807, 2.05) is 0 Å². The summed E-state index contributed by atoms with van der Waals surface area (Å²) in [5.74, 6) is -0.451. The van der Waals surface area contributed by atoms with Crippen LogP contribution in [-0.4, -0.2) is 10.8 Å². The number of benzene rings is 1. The minimum Gasteiger partial charge on any atom is -0.293 e. The Labute approximate surface area is 107 Å². The standard InChI is InChI=1S/C13H9BrFNO/c14-12(9-5-7-16-8-6-9)13(17)10-1-3-11(15)4-2-10/h1-8,12H/t12-/m0/s1. The number of rotatable bonds is 3. The van der Waals surface area contributed by atoms with E-state index in [0.29, 0.717) is 5.56 Å². The first-order valence-electron chi connectivity index (χ1n) is 5.02. The Kier molecular flexibility index (Phi) is 3.64. The van der Waals surface area contributed by atoms with Crippen LogP contribution in [0.5, 0.6) is 0 Å². The quantitative estimate of drug-likeness (QED) is 0.640. The molecule has 1 atom stereocenters. The van der Waals surface area contributed by atoms with Crippen LogP contribution in [-0.2, 0) is 0 Å². The van der Waals surface area contributed by atoms with Crippen LogP contribution in [0.1, 0.15) is 20.7 Å². The number of hydrogen-bond donors (Lipinski definition) is 0. The topological polar surface area (TPSA) is 30.0 Å². The molecule has 2 nitrogen and oxygen atoms in total. The molecule has 0 radical (unpaired) electrons. The van der Waals surface area contributed by atoms with Crippen LogP contribution in [0.4, 0.5) is 4.39 Å². The zero-order chi connectivity index (χ0) is 12.3. The molecule has 0 bridgehead atoms. The lowest BCUT2D eigenvalue weighted by Gasteiger charge is -2.08. The fourth-order valence-corrected chi connectivity index (χ4v) is 2.01. The van der Waals surface area contributed by atoms with E-state index < -0.39 is 4.83 Å². The maximum absolute atomic E-state index is 12.7. The first-order chi connectivity index (χ1) is 8.18. The number of carbonyl (C=O) groups is 1. The molecule has 86 valence electrons. The fraction of sp³-hybridized carbons (Fsp3) is 0.0769. The molecule has 0 spiro atoms. The normalized spacial score (nSPS) is 12.1. The highest BCUT2D eigenvalue weighted by molar-refractivity contribution is 9.09. The van der Waals surface area contributed by atoms with Gasteiger partial charge in [-0.3, -0.25) is 9.78 Å². The Morgan fingerprint density at radius 2 is 1.71 bits per heavy atom. The Balaban J connectivity index is 2.23. The van der Waals surface area contributed by atoms with Crippen molar-refractivity contribution in [2.75, 3.05) is 0 Å². The summed E-state index contributed by atoms with van der Waals surface area (Å²) in [6.07, 6.45) is 3.25. The first kappa shape index (κ1) is 11.9. The minimum absolute atomic E-state index is 0.101. The predicted molar refractivity (Wildman–Crippen MR) is 66.6 cm³/mol. The minimum atomic E-state index is -0.434. The smallest absolute Gasteiger partial charge is 0.180 e. The summed E-state index contributed by atoms with van der Waals surface area (Å²) in [4.78, 5) is 15.5. The highest BCUT2D eigenvalue weighted by atomic mass is 79.9. The van der Waals surface area contributed by atoms with Crippen molar-refractivity contribution in [2.45, 2.75) is 4.83 Å². The van der Waals surface area contributed by atoms with Gasteiger partial charge in [-0.25, -0.2) is 4.39 Å². The van der Waals surface area contributed by atoms with Gasteiger partial charge in [0, 0.05) is 18.0 Å². The molecule has 0 saturated carbocycles. The Morgan fingerprint density at radius 1 is 1.12 bits per heavy atom. The van der Waals surface area contributed by atoms with Gasteiger partial charge in [0.25, 0.3) is 0 Å². The van der Waals surface area contributed by atoms with Crippen LogP contribution in [0.15, 0.2) is 48.8 Å². The lowest BCUT2D eigenvalue weighted by molar-refractivity contribution is 0.0991. The van der Waals surface area contributed by atoms with Crippen molar-refractivity contribution >= 4 is 21.7 Å². The number of carbonyl (C=O) groups excluding carboxylic acids is 1. The maximum Gasteiger partial charge on any atom is 0.180 e. The zero-order valence-electron chi connectivity index (χ0n) is 8.81. The summed E-state index contributed by atoms with van der Waals surface area (Å²) in [6, 6.07) is 9.04. The van der Waals surface area contributed by atoms with Crippen LogP contribution >= 0.6 is 15.9 Å². The van der Waals surface area contributed by atoms with Gasteiger partial charge in [0.15, 0.2) is 5.78 Å². The second kappa shape index (κ2) is 5.19. The number of halogens is 2. The first-order valence-corrected chi connectivity index (χ1v) is 5.94. The second-order valence-electron chi connectivity index (χ2n) is 3.51. The van der Waals surface area contributed by atoms with E-state index >= 15 is 0 Å². The highest BCUT2D eigenvalue weighted by Gasteiger charge is 2.18. The second-order valence-corrected chi connectivity index (χ2v) is 4.43. The molecule has 1 aromatic carbocycles. The third-order valence-corrected chi connectivity index (χ3v) is 3.30. The number of nitrogens with zero attached hydrogens (tertiary/aromatic N) is 1. The molecule has 0 aliphatic carbocycles. The van der Waals surface area contributed by atoms with Crippen molar-refractivity contribution in [2.24, 2.45) is 0 Å². The summed E-state index contributed by atoms with van der Waals surface area (Å²) in [7, 11) is 0. The van der Waals surface area contributed by atoms with Crippen molar-refractivity contribution < 1.29 is 9.18 Å². The molecule has 0 amide bonds. The van der Waals surface area contributed by atoms with Gasteiger partial charge >= 0.3 is 0 Å². The molecule has 1 heterocycles. The van der Waals surface area contributed by atoms with Gasteiger partial charge in [-0.1, -0.05) is 15.9 Å². The van der Waals surface area contributed by atoms with Gasteiger partial charge in [0.05, 0.1) is 0 Å². The van der Waals surface area contributed by atoms with E-state index in [0.717, 1.165) is 5.56 Å². The van der Waals surface area contributed by atoms with Crippen LogP contribution in [0.25, 0.3) is 0 Å². The van der Waals surface area contributed by atoms with E-state index in [1.54, 1.807) is 24.5 Å². The van der Waals surface area contributed by atoms with Crippen LogP contribution < -0.4 is 0 Å². The Bertz CT molecular complexity index is 513. The third-order valence-electron chi connectivity index (χ3n) is 2.36. The van der Waals surface area contributed by atoms with E-state index in [9.17, 15) is 9.18 Å². The number of hydrogen-bond acceptors (Lipinski definition) is 2. The lowest BCUT2D eigenvalue weighted by Crippen LogP contribution is -2.07. The molecule has 0 unspecified atom stereocenters. The van der Waals surface area contributed by atoms with Gasteiger partial charge in [-0.05, 0) is 42.0 Å². The third kappa shape index (κ3) is 2.77. The Hall–Kier alpha value is -1.55. The Morgan fingerprint density at radius 3 is 2.29 bits per heavy atom. The number of ketones is 1. The summed E-state index contributed by atoms with van der Waals surface area (Å²) in [5.41, 5.74) is 1.31. The van der Waals surface area contributed by atoms with Crippen molar-refractivity contribution in [3.63, 3.8) is 0 Å². The van der Waals surface area contributed by atoms with Gasteiger partial charge in [0.2, 0.25) is 0 Å². The van der Waals surface area contributed by atoms with Crippen LogP contribution in [0.2, 0.25) is 0 Å². The molecule has 2 aromatic rings. The predicted octanol–water partition coefficient (Wildman–Crippen LogP) is 3.54. The highest BCUT2D eigenvalue weighted by Crippen LogP contribution is 2.26. The maximum atomic E-state index is 12.7. The van der Waals surface area contributed by atoms with Gasteiger partial charge < -0.3 is 0 Å². The molecule has 0 aliphatic rings. The molecule has 2 rings (SSSR count). The average Bonchev–Trinajstić information content (AvgIpc) is 2.39. The molecular weight excluding hydrogens is 285 g/mol. The number of Topliss-reactive ketones (excluding diaryl/α,β-unsaturated/α-hetero) is 1. The SMILES string of the molecule is O=C(c1ccc(F)cc1)[C@@H](Br)c1ccncc1. The van der Waals surface area contributed by atoms with E-state index in [4.69, 9.17) is 0 Å². The van der Waals surface area contributed by atoms with Crippen molar-refractivity contribution in [1.29, 1.82) is 0 Å². The van der Waals surface area contributed by atoms with Crippen molar-refractivity contribution in [3.05, 3.63) is 65.7 Å². The molecule has 0 N–H and O–H groups in total. The largest absolute Gasteiger partial charge is 0.293 e. The monoisotopic (exact) mass is 293 g/mol. The zero-order valence-corrected chi connectivity index (χ0v) is 10.4. The van der Waals surface area contributed by atoms with E-state index in [2.05, 4.69) is 20.9 Å². The summed E-state index contributed by atoms with van der Waals surface area (Å²) in [5, 5.41) is 0. The van der Waals surface area contributed by atoms with E-state index in [1.165, 1.54) is 24.3 Å². The molecule has 0 fully saturated rings. The number of pyridine rings is 1. The molecule has 0 saturated heterocycles. The van der Waals surface area contributed by atoms with Crippen molar-refractivity contribution in [1.82, 2.24) is 4.98 Å². The number of alkyl halides is 1. The van der Waals surface area contributed by atoms with Crippen LogP contribution in [0.3, 0.4) is 0 Å². The van der Waals surface area contributed by atoms with Gasteiger partial charge in [-0.2, -0.15) is 0 Å². The molecule has 17 heavy (non-hydrogen) atoms. The van der Waals surface area contributed by atoms with Gasteiger partial charge in [0.1, 0.15) is 10.6 Å². The molecule has 1 aromatic heterocycles. The van der Waals surface area contributed by atoms with Crippen molar-refractivity contribution in [3.8, 4) is 0 Å². The molecular formula is C13H9BrFNO. The summed E-state index contributed by atoms with van der Waals surface area (Å²) in [6.45, 7) is 0. The molecule has 4 heteroatoms. The summed E-state index contributed by atoms with van der Waals surface area (Å²) < 4.78 is 12.7.